The van der Waals surface area contributed by atoms with E-state index in [-0.39, 0.29) is 0 Å². The summed E-state index contributed by atoms with van der Waals surface area (Å²) in [6.45, 7) is 11.2. The smallest absolute Gasteiger partial charge is 0.0361 e. The zero-order valence-electron chi connectivity index (χ0n) is 9.88. The highest BCUT2D eigenvalue weighted by Gasteiger charge is 2.12. The second-order valence-electron chi connectivity index (χ2n) is 4.00. The molecule has 1 atom stereocenters. The lowest BCUT2D eigenvalue weighted by molar-refractivity contribution is 0.545. The van der Waals surface area contributed by atoms with Crippen LogP contribution in [0, 0.1) is 6.92 Å². The number of pyridine rings is 1. The Hall–Kier alpha value is -1.15. The van der Waals surface area contributed by atoms with Gasteiger partial charge in [0.15, 0.2) is 0 Å². The molecule has 0 aliphatic carbocycles. The van der Waals surface area contributed by atoms with E-state index in [4.69, 9.17) is 0 Å². The van der Waals surface area contributed by atoms with Crippen LogP contribution in [0.4, 0.5) is 0 Å². The Bertz CT molecular complexity index is 331. The summed E-state index contributed by atoms with van der Waals surface area (Å²) >= 11 is 0. The van der Waals surface area contributed by atoms with E-state index >= 15 is 0 Å². The molecule has 0 fully saturated rings. The van der Waals surface area contributed by atoms with Gasteiger partial charge < -0.3 is 5.32 Å². The second kappa shape index (κ2) is 5.66. The minimum Gasteiger partial charge on any atom is -0.310 e. The molecule has 0 aliphatic heterocycles. The Kier molecular flexibility index (Phi) is 4.50. The number of aryl methyl sites for hydroxylation is 1. The first-order chi connectivity index (χ1) is 7.15. The van der Waals surface area contributed by atoms with Gasteiger partial charge in [0, 0.05) is 18.4 Å². The summed E-state index contributed by atoms with van der Waals surface area (Å²) < 4.78 is 0. The fourth-order valence-electron chi connectivity index (χ4n) is 1.76. The summed E-state index contributed by atoms with van der Waals surface area (Å²) in [6, 6.07) is 2.46. The van der Waals surface area contributed by atoms with Crippen LogP contribution in [0.15, 0.2) is 30.6 Å². The van der Waals surface area contributed by atoms with Crippen molar-refractivity contribution in [2.75, 3.05) is 6.54 Å². The Balaban J connectivity index is 2.88. The first kappa shape index (κ1) is 11.9. The van der Waals surface area contributed by atoms with Gasteiger partial charge in [-0.25, -0.2) is 0 Å². The molecule has 0 aromatic carbocycles. The fraction of sp³-hybridized carbons (Fsp3) is 0.462. The van der Waals surface area contributed by atoms with Crippen molar-refractivity contribution in [1.82, 2.24) is 10.3 Å². The molecule has 1 aromatic rings. The van der Waals surface area contributed by atoms with Crippen molar-refractivity contribution >= 4 is 0 Å². The van der Waals surface area contributed by atoms with Crippen molar-refractivity contribution in [2.24, 2.45) is 0 Å². The summed E-state index contributed by atoms with van der Waals surface area (Å²) in [5.74, 6) is 0. The molecule has 0 spiro atoms. The predicted octanol–water partition coefficient (Wildman–Crippen LogP) is 3.01. The van der Waals surface area contributed by atoms with Crippen molar-refractivity contribution in [1.29, 1.82) is 0 Å². The minimum atomic E-state index is 0.371. The third kappa shape index (κ3) is 3.48. The average Bonchev–Trinajstić information content (AvgIpc) is 2.17. The molecule has 0 saturated carbocycles. The van der Waals surface area contributed by atoms with Crippen molar-refractivity contribution < 1.29 is 0 Å². The monoisotopic (exact) mass is 204 g/mol. The quantitative estimate of drug-likeness (QED) is 0.746. The molecule has 1 unspecified atom stereocenters. The van der Waals surface area contributed by atoms with Crippen LogP contribution in [0.2, 0.25) is 0 Å². The van der Waals surface area contributed by atoms with Gasteiger partial charge in [-0.15, -0.1) is 6.58 Å². The van der Waals surface area contributed by atoms with Crippen LogP contribution in [0.1, 0.15) is 37.4 Å². The van der Waals surface area contributed by atoms with E-state index < -0.39 is 0 Å². The summed E-state index contributed by atoms with van der Waals surface area (Å²) in [4.78, 5) is 4.12. The molecule has 1 N–H and O–H groups in total. The summed E-state index contributed by atoms with van der Waals surface area (Å²) in [7, 11) is 0. The van der Waals surface area contributed by atoms with Crippen LogP contribution < -0.4 is 5.32 Å². The molecule has 2 nitrogen and oxygen atoms in total. The van der Waals surface area contributed by atoms with E-state index in [2.05, 4.69) is 43.7 Å². The topological polar surface area (TPSA) is 24.9 Å². The van der Waals surface area contributed by atoms with E-state index in [9.17, 15) is 0 Å². The molecule has 0 saturated heterocycles. The number of hydrogen-bond acceptors (Lipinski definition) is 2. The molecule has 1 aromatic heterocycles. The lowest BCUT2D eigenvalue weighted by Crippen LogP contribution is -2.21. The standard InChI is InChI=1S/C13H20N2/c1-5-15-13(8-10(2)3)12-6-7-14-9-11(12)4/h6-7,9,13,15H,2,5,8H2,1,3-4H3. The zero-order chi connectivity index (χ0) is 11.3. The second-order valence-corrected chi connectivity index (χ2v) is 4.00. The van der Waals surface area contributed by atoms with Gasteiger partial charge in [0.2, 0.25) is 0 Å². The first-order valence-electron chi connectivity index (χ1n) is 5.43. The number of hydrogen-bond donors (Lipinski definition) is 1. The molecule has 2 heteroatoms. The van der Waals surface area contributed by atoms with E-state index in [0.29, 0.717) is 6.04 Å². The van der Waals surface area contributed by atoms with Crippen LogP contribution in [0.25, 0.3) is 0 Å². The molecular weight excluding hydrogens is 184 g/mol. The van der Waals surface area contributed by atoms with Crippen molar-refractivity contribution in [2.45, 2.75) is 33.2 Å². The van der Waals surface area contributed by atoms with Gasteiger partial charge in [-0.1, -0.05) is 12.5 Å². The van der Waals surface area contributed by atoms with E-state index in [1.54, 1.807) is 0 Å². The molecule has 0 aliphatic rings. The lowest BCUT2D eigenvalue weighted by Gasteiger charge is -2.20. The van der Waals surface area contributed by atoms with E-state index in [0.717, 1.165) is 13.0 Å². The van der Waals surface area contributed by atoms with Gasteiger partial charge in [0.25, 0.3) is 0 Å². The van der Waals surface area contributed by atoms with Crippen molar-refractivity contribution in [3.63, 3.8) is 0 Å². The maximum atomic E-state index is 4.12. The minimum absolute atomic E-state index is 0.371. The highest BCUT2D eigenvalue weighted by Crippen LogP contribution is 2.22. The van der Waals surface area contributed by atoms with Crippen LogP contribution >= 0.6 is 0 Å². The van der Waals surface area contributed by atoms with Crippen LogP contribution in [0.3, 0.4) is 0 Å². The van der Waals surface area contributed by atoms with Gasteiger partial charge in [-0.05, 0) is 44.0 Å². The Morgan fingerprint density at radius 1 is 1.60 bits per heavy atom. The molecule has 0 radical (unpaired) electrons. The first-order valence-corrected chi connectivity index (χ1v) is 5.43. The molecule has 0 bridgehead atoms. The third-order valence-electron chi connectivity index (χ3n) is 2.44. The average molecular weight is 204 g/mol. The SMILES string of the molecule is C=C(C)CC(NCC)c1ccncc1C. The largest absolute Gasteiger partial charge is 0.310 e. The third-order valence-corrected chi connectivity index (χ3v) is 2.44. The summed E-state index contributed by atoms with van der Waals surface area (Å²) in [5.41, 5.74) is 3.77. The molecule has 15 heavy (non-hydrogen) atoms. The molecule has 1 heterocycles. The molecule has 1 rings (SSSR count). The van der Waals surface area contributed by atoms with Gasteiger partial charge in [0.05, 0.1) is 0 Å². The number of nitrogens with one attached hydrogen (secondary N) is 1. The highest BCUT2D eigenvalue weighted by atomic mass is 14.9. The van der Waals surface area contributed by atoms with Crippen LogP contribution in [-0.2, 0) is 0 Å². The number of nitrogens with zero attached hydrogens (tertiary/aromatic N) is 1. The normalized spacial score (nSPS) is 12.5. The maximum absolute atomic E-state index is 4.12. The number of aromatic nitrogens is 1. The van der Waals surface area contributed by atoms with E-state index in [1.807, 2.05) is 12.4 Å². The zero-order valence-corrected chi connectivity index (χ0v) is 9.88. The van der Waals surface area contributed by atoms with Crippen LogP contribution in [0.5, 0.6) is 0 Å². The van der Waals surface area contributed by atoms with Gasteiger partial charge >= 0.3 is 0 Å². The van der Waals surface area contributed by atoms with Gasteiger partial charge in [-0.3, -0.25) is 4.98 Å². The van der Waals surface area contributed by atoms with Crippen molar-refractivity contribution in [3.05, 3.63) is 41.7 Å². The van der Waals surface area contributed by atoms with Gasteiger partial charge in [-0.2, -0.15) is 0 Å². The predicted molar refractivity (Wildman–Crippen MR) is 64.8 cm³/mol. The van der Waals surface area contributed by atoms with Crippen LogP contribution in [-0.4, -0.2) is 11.5 Å². The molecular formula is C13H20N2. The van der Waals surface area contributed by atoms with E-state index in [1.165, 1.54) is 16.7 Å². The summed E-state index contributed by atoms with van der Waals surface area (Å²) in [5, 5.41) is 3.48. The Morgan fingerprint density at radius 2 is 2.33 bits per heavy atom. The lowest BCUT2D eigenvalue weighted by atomic mass is 9.98. The maximum Gasteiger partial charge on any atom is 0.0361 e. The molecule has 82 valence electrons. The number of rotatable bonds is 5. The highest BCUT2D eigenvalue weighted by molar-refractivity contribution is 5.26. The Labute approximate surface area is 92.4 Å². The summed E-state index contributed by atoms with van der Waals surface area (Å²) in [6.07, 6.45) is 4.75. The molecule has 0 amide bonds. The van der Waals surface area contributed by atoms with Crippen molar-refractivity contribution in [3.8, 4) is 0 Å². The van der Waals surface area contributed by atoms with Gasteiger partial charge in [0.1, 0.15) is 0 Å². The Morgan fingerprint density at radius 3 is 2.87 bits per heavy atom. The fourth-order valence-corrected chi connectivity index (χ4v) is 1.76.